The van der Waals surface area contributed by atoms with Crippen molar-refractivity contribution in [2.24, 2.45) is 7.05 Å². The molecule has 0 spiro atoms. The van der Waals surface area contributed by atoms with E-state index < -0.39 is 0 Å². The second kappa shape index (κ2) is 7.37. The zero-order valence-corrected chi connectivity index (χ0v) is 15.1. The van der Waals surface area contributed by atoms with Crippen LogP contribution in [0.25, 0.3) is 0 Å². The number of nitrogens with one attached hydrogen (secondary N) is 1. The molecule has 9 heteroatoms. The highest BCUT2D eigenvalue weighted by molar-refractivity contribution is 7.15. The Hall–Kier alpha value is -1.84. The van der Waals surface area contributed by atoms with Crippen molar-refractivity contribution in [3.8, 4) is 0 Å². The maximum atomic E-state index is 12.1. The number of aryl methyl sites for hydroxylation is 2. The number of piperazine rings is 1. The second-order valence-electron chi connectivity index (χ2n) is 6.18. The summed E-state index contributed by atoms with van der Waals surface area (Å²) in [6, 6.07) is 0.382. The average Bonchev–Trinajstić information content (AvgIpc) is 3.11. The molecule has 1 saturated heterocycles. The van der Waals surface area contributed by atoms with E-state index in [4.69, 9.17) is 0 Å². The fourth-order valence-corrected chi connectivity index (χ4v) is 3.50. The summed E-state index contributed by atoms with van der Waals surface area (Å²) in [7, 11) is 2.02. The Labute approximate surface area is 145 Å². The first-order chi connectivity index (χ1) is 11.5. The zero-order valence-electron chi connectivity index (χ0n) is 14.3. The van der Waals surface area contributed by atoms with Crippen LogP contribution in [0.5, 0.6) is 0 Å². The number of amides is 1. The Balaban J connectivity index is 1.48. The van der Waals surface area contributed by atoms with E-state index in [1.807, 2.05) is 26.4 Å². The van der Waals surface area contributed by atoms with Crippen molar-refractivity contribution < 1.29 is 4.79 Å². The largest absolute Gasteiger partial charge is 0.337 e. The Morgan fingerprint density at radius 1 is 1.42 bits per heavy atom. The standard InChI is InChI=1S/C15H23N7OS/c1-11-8-21(10-14(23)17-15-19-18-12(2)24-15)6-7-22(11)9-13-16-4-5-20(13)3/h4-5,11H,6-10H2,1-3H3,(H,17,19,23). The lowest BCUT2D eigenvalue weighted by Gasteiger charge is -2.39. The molecule has 2 aromatic heterocycles. The maximum absolute atomic E-state index is 12.1. The molecule has 1 amide bonds. The molecule has 1 aliphatic heterocycles. The van der Waals surface area contributed by atoms with Crippen LogP contribution in [-0.4, -0.2) is 67.7 Å². The summed E-state index contributed by atoms with van der Waals surface area (Å²) in [4.78, 5) is 21.1. The van der Waals surface area contributed by atoms with Crippen molar-refractivity contribution in [2.45, 2.75) is 26.4 Å². The first kappa shape index (κ1) is 17.0. The van der Waals surface area contributed by atoms with Crippen LogP contribution in [0.2, 0.25) is 0 Å². The molecular formula is C15H23N7OS. The van der Waals surface area contributed by atoms with Gasteiger partial charge in [-0.15, -0.1) is 10.2 Å². The van der Waals surface area contributed by atoms with E-state index >= 15 is 0 Å². The molecule has 3 rings (SSSR count). The zero-order chi connectivity index (χ0) is 17.1. The molecular weight excluding hydrogens is 326 g/mol. The van der Waals surface area contributed by atoms with Crippen molar-refractivity contribution >= 4 is 22.4 Å². The molecule has 1 fully saturated rings. The molecule has 1 atom stereocenters. The highest BCUT2D eigenvalue weighted by Crippen LogP contribution is 2.15. The summed E-state index contributed by atoms with van der Waals surface area (Å²) in [6.07, 6.45) is 3.80. The number of hydrogen-bond donors (Lipinski definition) is 1. The molecule has 1 N–H and O–H groups in total. The van der Waals surface area contributed by atoms with E-state index in [2.05, 4.69) is 41.8 Å². The van der Waals surface area contributed by atoms with Crippen LogP contribution < -0.4 is 5.32 Å². The number of carbonyl (C=O) groups excluding carboxylic acids is 1. The molecule has 0 saturated carbocycles. The average molecular weight is 349 g/mol. The van der Waals surface area contributed by atoms with Gasteiger partial charge in [0.15, 0.2) is 0 Å². The van der Waals surface area contributed by atoms with Crippen molar-refractivity contribution in [3.63, 3.8) is 0 Å². The molecule has 0 aliphatic carbocycles. The highest BCUT2D eigenvalue weighted by atomic mass is 32.1. The predicted octanol–water partition coefficient (Wildman–Crippen LogP) is 0.725. The van der Waals surface area contributed by atoms with Crippen LogP contribution in [0.4, 0.5) is 5.13 Å². The number of hydrogen-bond acceptors (Lipinski definition) is 7. The first-order valence-corrected chi connectivity index (χ1v) is 8.85. The van der Waals surface area contributed by atoms with Gasteiger partial charge in [0.05, 0.1) is 13.1 Å². The molecule has 1 aliphatic rings. The van der Waals surface area contributed by atoms with Gasteiger partial charge in [0.2, 0.25) is 11.0 Å². The second-order valence-corrected chi connectivity index (χ2v) is 7.37. The van der Waals surface area contributed by atoms with Crippen molar-refractivity contribution in [1.82, 2.24) is 29.5 Å². The number of carbonyl (C=O) groups is 1. The Morgan fingerprint density at radius 3 is 2.88 bits per heavy atom. The molecule has 0 aromatic carbocycles. The Morgan fingerprint density at radius 2 is 2.25 bits per heavy atom. The van der Waals surface area contributed by atoms with Crippen LogP contribution in [0.15, 0.2) is 12.4 Å². The minimum Gasteiger partial charge on any atom is -0.337 e. The number of imidazole rings is 1. The van der Waals surface area contributed by atoms with E-state index in [0.717, 1.165) is 37.0 Å². The smallest absolute Gasteiger partial charge is 0.240 e. The lowest BCUT2D eigenvalue weighted by atomic mass is 10.2. The van der Waals surface area contributed by atoms with Crippen LogP contribution >= 0.6 is 11.3 Å². The Kier molecular flexibility index (Phi) is 5.22. The Bertz CT molecular complexity index is 698. The molecule has 24 heavy (non-hydrogen) atoms. The third-order valence-electron chi connectivity index (χ3n) is 4.25. The fourth-order valence-electron chi connectivity index (χ4n) is 2.89. The van der Waals surface area contributed by atoms with E-state index in [9.17, 15) is 4.79 Å². The molecule has 0 radical (unpaired) electrons. The lowest BCUT2D eigenvalue weighted by Crippen LogP contribution is -2.53. The summed E-state index contributed by atoms with van der Waals surface area (Å²) >= 11 is 1.39. The van der Waals surface area contributed by atoms with Crippen LogP contribution in [0.3, 0.4) is 0 Å². The summed E-state index contributed by atoms with van der Waals surface area (Å²) in [5.74, 6) is 1.04. The fraction of sp³-hybridized carbons (Fsp3) is 0.600. The van der Waals surface area contributed by atoms with E-state index in [-0.39, 0.29) is 5.91 Å². The third-order valence-corrected chi connectivity index (χ3v) is 5.01. The van der Waals surface area contributed by atoms with Crippen LogP contribution in [0, 0.1) is 6.92 Å². The minimum atomic E-state index is -0.0316. The van der Waals surface area contributed by atoms with Crippen LogP contribution in [-0.2, 0) is 18.4 Å². The van der Waals surface area contributed by atoms with Gasteiger partial charge in [0, 0.05) is 45.1 Å². The monoisotopic (exact) mass is 349 g/mol. The van der Waals surface area contributed by atoms with E-state index in [1.165, 1.54) is 11.3 Å². The molecule has 1 unspecified atom stereocenters. The number of nitrogens with zero attached hydrogens (tertiary/aromatic N) is 6. The molecule has 130 valence electrons. The van der Waals surface area contributed by atoms with Gasteiger partial charge < -0.3 is 4.57 Å². The van der Waals surface area contributed by atoms with Gasteiger partial charge in [0.1, 0.15) is 10.8 Å². The molecule has 0 bridgehead atoms. The molecule has 2 aromatic rings. The molecule has 3 heterocycles. The summed E-state index contributed by atoms with van der Waals surface area (Å²) in [5.41, 5.74) is 0. The quantitative estimate of drug-likeness (QED) is 0.857. The summed E-state index contributed by atoms with van der Waals surface area (Å²) < 4.78 is 2.05. The normalized spacial score (nSPS) is 19.5. The highest BCUT2D eigenvalue weighted by Gasteiger charge is 2.25. The van der Waals surface area contributed by atoms with Crippen molar-refractivity contribution in [1.29, 1.82) is 0 Å². The first-order valence-electron chi connectivity index (χ1n) is 8.04. The van der Waals surface area contributed by atoms with Gasteiger partial charge in [0.25, 0.3) is 0 Å². The lowest BCUT2D eigenvalue weighted by molar-refractivity contribution is -0.118. The van der Waals surface area contributed by atoms with Crippen molar-refractivity contribution in [3.05, 3.63) is 23.2 Å². The summed E-state index contributed by atoms with van der Waals surface area (Å²) in [6.45, 7) is 7.97. The van der Waals surface area contributed by atoms with E-state index in [0.29, 0.717) is 17.7 Å². The van der Waals surface area contributed by atoms with Gasteiger partial charge in [-0.25, -0.2) is 4.98 Å². The summed E-state index contributed by atoms with van der Waals surface area (Å²) in [5, 5.41) is 12.1. The van der Waals surface area contributed by atoms with Gasteiger partial charge in [-0.1, -0.05) is 11.3 Å². The van der Waals surface area contributed by atoms with Gasteiger partial charge in [-0.05, 0) is 13.8 Å². The van der Waals surface area contributed by atoms with Crippen molar-refractivity contribution in [2.75, 3.05) is 31.5 Å². The maximum Gasteiger partial charge on any atom is 0.240 e. The minimum absolute atomic E-state index is 0.0316. The van der Waals surface area contributed by atoms with Gasteiger partial charge in [-0.3, -0.25) is 19.9 Å². The third kappa shape index (κ3) is 4.16. The molecule has 8 nitrogen and oxygen atoms in total. The topological polar surface area (TPSA) is 79.2 Å². The number of anilines is 1. The number of aromatic nitrogens is 4. The van der Waals surface area contributed by atoms with Gasteiger partial charge >= 0.3 is 0 Å². The predicted molar refractivity (Wildman–Crippen MR) is 92.8 cm³/mol. The van der Waals surface area contributed by atoms with Gasteiger partial charge in [-0.2, -0.15) is 0 Å². The SMILES string of the molecule is Cc1nnc(NC(=O)CN2CCN(Cc3nccn3C)C(C)C2)s1. The van der Waals surface area contributed by atoms with E-state index in [1.54, 1.807) is 0 Å². The number of rotatable bonds is 5. The van der Waals surface area contributed by atoms with Crippen LogP contribution in [0.1, 0.15) is 17.8 Å².